The van der Waals surface area contributed by atoms with Gasteiger partial charge in [0.1, 0.15) is 0 Å². The van der Waals surface area contributed by atoms with E-state index in [0.29, 0.717) is 0 Å². The van der Waals surface area contributed by atoms with Crippen LogP contribution in [-0.2, 0) is 4.79 Å². The molecule has 0 aromatic heterocycles. The van der Waals surface area contributed by atoms with E-state index in [0.717, 1.165) is 45.1 Å². The molecule has 2 unspecified atom stereocenters. The van der Waals surface area contributed by atoms with Crippen LogP contribution in [-0.4, -0.2) is 36.2 Å². The molecule has 0 rings (SSSR count). The summed E-state index contributed by atoms with van der Waals surface area (Å²) in [6, 6.07) is 0.137. The summed E-state index contributed by atoms with van der Waals surface area (Å²) in [4.78, 5) is 11.8. The first-order valence-electron chi connectivity index (χ1n) is 7.26. The Morgan fingerprint density at radius 2 is 1.83 bits per heavy atom. The van der Waals surface area contributed by atoms with Crippen molar-refractivity contribution in [2.24, 2.45) is 0 Å². The molecule has 0 saturated carbocycles. The van der Waals surface area contributed by atoms with Crippen LogP contribution in [0.1, 0.15) is 59.3 Å². The maximum Gasteiger partial charge on any atom is 0.237 e. The quantitative estimate of drug-likeness (QED) is 0.495. The number of nitrogens with one attached hydrogen (secondary N) is 2. The second-order valence-corrected chi connectivity index (χ2v) is 5.01. The summed E-state index contributed by atoms with van der Waals surface area (Å²) in [6.07, 6.45) is 6.22. The van der Waals surface area contributed by atoms with Crippen molar-refractivity contribution in [2.75, 3.05) is 13.2 Å². The molecule has 4 heteroatoms. The van der Waals surface area contributed by atoms with Gasteiger partial charge in [0.05, 0.1) is 6.04 Å². The number of aliphatic hydroxyl groups excluding tert-OH is 1. The molecule has 0 fully saturated rings. The van der Waals surface area contributed by atoms with E-state index in [9.17, 15) is 4.79 Å². The molecule has 1 amide bonds. The monoisotopic (exact) mass is 258 g/mol. The average Bonchev–Trinajstić information content (AvgIpc) is 2.33. The summed E-state index contributed by atoms with van der Waals surface area (Å²) >= 11 is 0. The van der Waals surface area contributed by atoms with Gasteiger partial charge in [-0.15, -0.1) is 0 Å². The number of carbonyl (C=O) groups excluding carboxylic acids is 1. The SMILES string of the molecule is CCCC(C)NC(=O)C(C)NCCCCCCO. The molecule has 0 aliphatic heterocycles. The number of carbonyl (C=O) groups is 1. The van der Waals surface area contributed by atoms with Gasteiger partial charge in [-0.25, -0.2) is 0 Å². The molecule has 0 aromatic carbocycles. The second kappa shape index (κ2) is 11.5. The molecule has 2 atom stereocenters. The van der Waals surface area contributed by atoms with Crippen molar-refractivity contribution in [2.45, 2.75) is 71.4 Å². The van der Waals surface area contributed by atoms with E-state index in [2.05, 4.69) is 17.6 Å². The van der Waals surface area contributed by atoms with Gasteiger partial charge in [0.15, 0.2) is 0 Å². The van der Waals surface area contributed by atoms with E-state index >= 15 is 0 Å². The number of hydrogen-bond donors (Lipinski definition) is 3. The lowest BCUT2D eigenvalue weighted by Gasteiger charge is -2.18. The van der Waals surface area contributed by atoms with Crippen molar-refractivity contribution in [3.8, 4) is 0 Å². The van der Waals surface area contributed by atoms with Crippen LogP contribution in [0.5, 0.6) is 0 Å². The first kappa shape index (κ1) is 17.4. The highest BCUT2D eigenvalue weighted by Crippen LogP contribution is 1.99. The van der Waals surface area contributed by atoms with E-state index < -0.39 is 0 Å². The molecule has 0 bridgehead atoms. The smallest absolute Gasteiger partial charge is 0.237 e. The van der Waals surface area contributed by atoms with Gasteiger partial charge in [-0.05, 0) is 39.7 Å². The summed E-state index contributed by atoms with van der Waals surface area (Å²) in [6.45, 7) is 7.21. The van der Waals surface area contributed by atoms with E-state index in [1.807, 2.05) is 13.8 Å². The van der Waals surface area contributed by atoms with Gasteiger partial charge in [-0.2, -0.15) is 0 Å². The van der Waals surface area contributed by atoms with Gasteiger partial charge in [0, 0.05) is 12.6 Å². The fourth-order valence-corrected chi connectivity index (χ4v) is 1.87. The maximum absolute atomic E-state index is 11.8. The van der Waals surface area contributed by atoms with Gasteiger partial charge in [-0.1, -0.05) is 26.2 Å². The highest BCUT2D eigenvalue weighted by Gasteiger charge is 2.13. The molecule has 3 N–H and O–H groups in total. The fraction of sp³-hybridized carbons (Fsp3) is 0.929. The summed E-state index contributed by atoms with van der Waals surface area (Å²) in [5, 5.41) is 14.9. The molecule has 0 saturated heterocycles. The Morgan fingerprint density at radius 3 is 2.44 bits per heavy atom. The van der Waals surface area contributed by atoms with Crippen molar-refractivity contribution in [1.82, 2.24) is 10.6 Å². The molecule has 0 aromatic rings. The zero-order valence-electron chi connectivity index (χ0n) is 12.2. The summed E-state index contributed by atoms with van der Waals surface area (Å²) in [5.74, 6) is 0.0892. The van der Waals surface area contributed by atoms with Crippen molar-refractivity contribution >= 4 is 5.91 Å². The Morgan fingerprint density at radius 1 is 1.17 bits per heavy atom. The summed E-state index contributed by atoms with van der Waals surface area (Å²) in [7, 11) is 0. The van der Waals surface area contributed by atoms with E-state index in [1.54, 1.807) is 0 Å². The van der Waals surface area contributed by atoms with Crippen LogP contribution < -0.4 is 10.6 Å². The van der Waals surface area contributed by atoms with Gasteiger partial charge in [0.2, 0.25) is 5.91 Å². The molecule has 0 radical (unpaired) electrons. The van der Waals surface area contributed by atoms with Gasteiger partial charge < -0.3 is 15.7 Å². The Bertz CT molecular complexity index is 210. The zero-order valence-corrected chi connectivity index (χ0v) is 12.2. The first-order chi connectivity index (χ1) is 8.61. The third kappa shape index (κ3) is 9.42. The Labute approximate surface area is 112 Å². The van der Waals surface area contributed by atoms with Crippen LogP contribution in [0, 0.1) is 0 Å². The predicted octanol–water partition coefficient (Wildman–Crippen LogP) is 1.82. The van der Waals surface area contributed by atoms with Gasteiger partial charge in [-0.3, -0.25) is 4.79 Å². The maximum atomic E-state index is 11.8. The highest BCUT2D eigenvalue weighted by molar-refractivity contribution is 5.81. The molecule has 0 spiro atoms. The molecule has 4 nitrogen and oxygen atoms in total. The number of unbranched alkanes of at least 4 members (excludes halogenated alkanes) is 3. The Balaban J connectivity index is 3.55. The first-order valence-corrected chi connectivity index (χ1v) is 7.26. The van der Waals surface area contributed by atoms with Crippen LogP contribution in [0.25, 0.3) is 0 Å². The van der Waals surface area contributed by atoms with Crippen molar-refractivity contribution in [1.29, 1.82) is 0 Å². The van der Waals surface area contributed by atoms with Gasteiger partial charge in [0.25, 0.3) is 0 Å². The molecule has 0 heterocycles. The molecule has 108 valence electrons. The average molecular weight is 258 g/mol. The van der Waals surface area contributed by atoms with Crippen molar-refractivity contribution < 1.29 is 9.90 Å². The third-order valence-corrected chi connectivity index (χ3v) is 3.04. The molecule has 18 heavy (non-hydrogen) atoms. The minimum atomic E-state index is -0.123. The fourth-order valence-electron chi connectivity index (χ4n) is 1.87. The Hall–Kier alpha value is -0.610. The third-order valence-electron chi connectivity index (χ3n) is 3.04. The topological polar surface area (TPSA) is 61.4 Å². The summed E-state index contributed by atoms with van der Waals surface area (Å²) in [5.41, 5.74) is 0. The van der Waals surface area contributed by atoms with E-state index in [1.165, 1.54) is 0 Å². The summed E-state index contributed by atoms with van der Waals surface area (Å²) < 4.78 is 0. The van der Waals surface area contributed by atoms with Crippen LogP contribution in [0.3, 0.4) is 0 Å². The van der Waals surface area contributed by atoms with Crippen LogP contribution in [0.15, 0.2) is 0 Å². The van der Waals surface area contributed by atoms with Crippen LogP contribution >= 0.6 is 0 Å². The Kier molecular flexibility index (Phi) is 11.1. The highest BCUT2D eigenvalue weighted by atomic mass is 16.2. The lowest BCUT2D eigenvalue weighted by Crippen LogP contribution is -2.45. The molecular weight excluding hydrogens is 228 g/mol. The lowest BCUT2D eigenvalue weighted by atomic mass is 10.1. The largest absolute Gasteiger partial charge is 0.396 e. The van der Waals surface area contributed by atoms with Crippen LogP contribution in [0.4, 0.5) is 0 Å². The van der Waals surface area contributed by atoms with Crippen LogP contribution in [0.2, 0.25) is 0 Å². The van der Waals surface area contributed by atoms with Crippen molar-refractivity contribution in [3.63, 3.8) is 0 Å². The minimum Gasteiger partial charge on any atom is -0.396 e. The minimum absolute atomic E-state index is 0.0892. The number of amides is 1. The van der Waals surface area contributed by atoms with E-state index in [4.69, 9.17) is 5.11 Å². The molecule has 0 aliphatic rings. The lowest BCUT2D eigenvalue weighted by molar-refractivity contribution is -0.123. The number of hydrogen-bond acceptors (Lipinski definition) is 3. The predicted molar refractivity (Wildman–Crippen MR) is 75.5 cm³/mol. The second-order valence-electron chi connectivity index (χ2n) is 5.01. The number of rotatable bonds is 11. The van der Waals surface area contributed by atoms with Crippen molar-refractivity contribution in [3.05, 3.63) is 0 Å². The standard InChI is InChI=1S/C14H30N2O2/c1-4-9-12(2)16-14(18)13(3)15-10-7-5-6-8-11-17/h12-13,15,17H,4-11H2,1-3H3,(H,16,18). The normalized spacial score (nSPS) is 14.2. The molecule has 0 aliphatic carbocycles. The molecular formula is C14H30N2O2. The zero-order chi connectivity index (χ0) is 13.8. The number of aliphatic hydroxyl groups is 1. The van der Waals surface area contributed by atoms with E-state index in [-0.39, 0.29) is 24.6 Å². The van der Waals surface area contributed by atoms with Gasteiger partial charge >= 0.3 is 0 Å².